The molecule has 0 bridgehead atoms. The lowest BCUT2D eigenvalue weighted by molar-refractivity contribution is 0.188. The SMILES string of the molecule is OC(c1ccc(Br)c(Br)c1)c1occc1Br. The van der Waals surface area contributed by atoms with Crippen LogP contribution in [0.2, 0.25) is 0 Å². The molecule has 1 aromatic carbocycles. The topological polar surface area (TPSA) is 33.4 Å². The van der Waals surface area contributed by atoms with Crippen molar-refractivity contribution in [3.8, 4) is 0 Å². The van der Waals surface area contributed by atoms with Gasteiger partial charge in [-0.2, -0.15) is 0 Å². The summed E-state index contributed by atoms with van der Waals surface area (Å²) in [5.74, 6) is 0.509. The Bertz CT molecular complexity index is 508. The molecule has 5 heteroatoms. The lowest BCUT2D eigenvalue weighted by Crippen LogP contribution is -1.98. The van der Waals surface area contributed by atoms with E-state index in [1.54, 1.807) is 6.07 Å². The lowest BCUT2D eigenvalue weighted by Gasteiger charge is -2.10. The Labute approximate surface area is 118 Å². The summed E-state index contributed by atoms with van der Waals surface area (Å²) < 4.78 is 7.83. The minimum Gasteiger partial charge on any atom is -0.465 e. The Hall–Kier alpha value is -0.100. The number of benzene rings is 1. The van der Waals surface area contributed by atoms with Gasteiger partial charge in [0.25, 0.3) is 0 Å². The second-order valence-corrected chi connectivity index (χ2v) is 5.77. The molecule has 0 aliphatic heterocycles. The van der Waals surface area contributed by atoms with Crippen LogP contribution in [-0.2, 0) is 0 Å². The normalized spacial score (nSPS) is 12.8. The molecule has 0 saturated carbocycles. The Kier molecular flexibility index (Phi) is 3.89. The first kappa shape index (κ1) is 12.4. The van der Waals surface area contributed by atoms with Gasteiger partial charge in [0.1, 0.15) is 6.10 Å². The number of hydrogen-bond acceptors (Lipinski definition) is 2. The molecular formula is C11H7Br3O2. The van der Waals surface area contributed by atoms with Crippen LogP contribution >= 0.6 is 47.8 Å². The third-order valence-electron chi connectivity index (χ3n) is 2.15. The molecule has 1 aromatic heterocycles. The van der Waals surface area contributed by atoms with Crippen molar-refractivity contribution in [2.75, 3.05) is 0 Å². The van der Waals surface area contributed by atoms with Gasteiger partial charge in [-0.15, -0.1) is 0 Å². The number of rotatable bonds is 2. The first-order valence-electron chi connectivity index (χ1n) is 4.45. The van der Waals surface area contributed by atoms with E-state index >= 15 is 0 Å². The van der Waals surface area contributed by atoms with E-state index in [-0.39, 0.29) is 0 Å². The van der Waals surface area contributed by atoms with Gasteiger partial charge in [0, 0.05) is 8.95 Å². The summed E-state index contributed by atoms with van der Waals surface area (Å²) in [6.45, 7) is 0. The summed E-state index contributed by atoms with van der Waals surface area (Å²) in [5.41, 5.74) is 0.769. The lowest BCUT2D eigenvalue weighted by atomic mass is 10.1. The Balaban J connectivity index is 2.38. The number of halogens is 3. The van der Waals surface area contributed by atoms with Gasteiger partial charge in [-0.3, -0.25) is 0 Å². The van der Waals surface area contributed by atoms with Gasteiger partial charge in [-0.25, -0.2) is 0 Å². The fourth-order valence-electron chi connectivity index (χ4n) is 1.33. The van der Waals surface area contributed by atoms with Crippen LogP contribution in [-0.4, -0.2) is 5.11 Å². The first-order valence-corrected chi connectivity index (χ1v) is 6.83. The zero-order valence-corrected chi connectivity index (χ0v) is 12.7. The van der Waals surface area contributed by atoms with Crippen LogP contribution in [0.5, 0.6) is 0 Å². The zero-order valence-electron chi connectivity index (χ0n) is 7.95. The summed E-state index contributed by atoms with van der Waals surface area (Å²) in [6, 6.07) is 7.32. The highest BCUT2D eigenvalue weighted by molar-refractivity contribution is 9.13. The molecule has 16 heavy (non-hydrogen) atoms. The van der Waals surface area contributed by atoms with E-state index in [2.05, 4.69) is 47.8 Å². The van der Waals surface area contributed by atoms with Crippen molar-refractivity contribution < 1.29 is 9.52 Å². The molecule has 2 rings (SSSR count). The molecule has 0 aliphatic carbocycles. The monoisotopic (exact) mass is 408 g/mol. The zero-order chi connectivity index (χ0) is 11.7. The quantitative estimate of drug-likeness (QED) is 0.781. The highest BCUT2D eigenvalue weighted by Gasteiger charge is 2.17. The van der Waals surface area contributed by atoms with Crippen LogP contribution in [0.4, 0.5) is 0 Å². The molecule has 0 aliphatic rings. The molecule has 2 aromatic rings. The largest absolute Gasteiger partial charge is 0.465 e. The Morgan fingerprint density at radius 2 is 1.75 bits per heavy atom. The minimum absolute atomic E-state index is 0.509. The Morgan fingerprint density at radius 3 is 2.31 bits per heavy atom. The molecule has 0 fully saturated rings. The molecule has 0 saturated heterocycles. The molecule has 1 N–H and O–H groups in total. The number of aliphatic hydroxyl groups is 1. The van der Waals surface area contributed by atoms with Crippen molar-refractivity contribution in [1.29, 1.82) is 0 Å². The number of furan rings is 1. The van der Waals surface area contributed by atoms with Gasteiger partial charge in [0.05, 0.1) is 10.7 Å². The van der Waals surface area contributed by atoms with E-state index in [4.69, 9.17) is 4.42 Å². The fraction of sp³-hybridized carbons (Fsp3) is 0.0909. The van der Waals surface area contributed by atoms with E-state index in [9.17, 15) is 5.11 Å². The smallest absolute Gasteiger partial charge is 0.150 e. The molecule has 1 unspecified atom stereocenters. The summed E-state index contributed by atoms with van der Waals surface area (Å²) in [7, 11) is 0. The van der Waals surface area contributed by atoms with Crippen LogP contribution in [0.3, 0.4) is 0 Å². The van der Waals surface area contributed by atoms with Gasteiger partial charge in [0.15, 0.2) is 5.76 Å². The molecule has 84 valence electrons. The van der Waals surface area contributed by atoms with E-state index < -0.39 is 6.10 Å². The fourth-order valence-corrected chi connectivity index (χ4v) is 2.40. The van der Waals surface area contributed by atoms with Crippen LogP contribution in [0.25, 0.3) is 0 Å². The average Bonchev–Trinajstić information content (AvgIpc) is 2.67. The van der Waals surface area contributed by atoms with Gasteiger partial charge in [-0.05, 0) is 71.6 Å². The van der Waals surface area contributed by atoms with Crippen molar-refractivity contribution in [2.24, 2.45) is 0 Å². The highest BCUT2D eigenvalue weighted by Crippen LogP contribution is 2.32. The van der Waals surface area contributed by atoms with E-state index in [1.165, 1.54) is 6.26 Å². The van der Waals surface area contributed by atoms with Crippen molar-refractivity contribution in [1.82, 2.24) is 0 Å². The molecule has 1 atom stereocenters. The van der Waals surface area contributed by atoms with E-state index in [0.29, 0.717) is 5.76 Å². The third-order valence-corrected chi connectivity index (χ3v) is 4.69. The maximum atomic E-state index is 10.1. The molecule has 2 nitrogen and oxygen atoms in total. The average molecular weight is 411 g/mol. The van der Waals surface area contributed by atoms with Crippen molar-refractivity contribution in [3.63, 3.8) is 0 Å². The maximum Gasteiger partial charge on any atom is 0.150 e. The van der Waals surface area contributed by atoms with Gasteiger partial charge in [-0.1, -0.05) is 6.07 Å². The maximum absolute atomic E-state index is 10.1. The highest BCUT2D eigenvalue weighted by atomic mass is 79.9. The van der Waals surface area contributed by atoms with Crippen molar-refractivity contribution in [2.45, 2.75) is 6.10 Å². The summed E-state index contributed by atoms with van der Waals surface area (Å²) in [6.07, 6.45) is 0.769. The van der Waals surface area contributed by atoms with Crippen LogP contribution in [0, 0.1) is 0 Å². The molecular weight excluding hydrogens is 404 g/mol. The minimum atomic E-state index is -0.770. The van der Waals surface area contributed by atoms with Crippen LogP contribution in [0.1, 0.15) is 17.4 Å². The molecule has 1 heterocycles. The van der Waals surface area contributed by atoms with Crippen molar-refractivity contribution in [3.05, 3.63) is 55.3 Å². The summed E-state index contributed by atoms with van der Waals surface area (Å²) >= 11 is 10.1. The van der Waals surface area contributed by atoms with Crippen LogP contribution in [0.15, 0.2) is 48.4 Å². The molecule has 0 radical (unpaired) electrons. The van der Waals surface area contributed by atoms with Gasteiger partial charge < -0.3 is 9.52 Å². The van der Waals surface area contributed by atoms with E-state index in [0.717, 1.165) is 19.0 Å². The second-order valence-electron chi connectivity index (χ2n) is 3.21. The summed E-state index contributed by atoms with van der Waals surface area (Å²) in [5, 5.41) is 10.1. The first-order chi connectivity index (χ1) is 7.59. The van der Waals surface area contributed by atoms with Crippen LogP contribution < -0.4 is 0 Å². The summed E-state index contributed by atoms with van der Waals surface area (Å²) in [4.78, 5) is 0. The number of aliphatic hydroxyl groups excluding tert-OH is 1. The van der Waals surface area contributed by atoms with E-state index in [1.807, 2.05) is 18.2 Å². The van der Waals surface area contributed by atoms with Gasteiger partial charge in [0.2, 0.25) is 0 Å². The third kappa shape index (κ3) is 2.42. The second kappa shape index (κ2) is 5.04. The predicted octanol–water partition coefficient (Wildman–Crippen LogP) is 4.65. The molecule has 0 amide bonds. The molecule has 0 spiro atoms. The predicted molar refractivity (Wildman–Crippen MR) is 72.3 cm³/mol. The van der Waals surface area contributed by atoms with Gasteiger partial charge >= 0.3 is 0 Å². The number of hydrogen-bond donors (Lipinski definition) is 1. The van der Waals surface area contributed by atoms with Crippen molar-refractivity contribution >= 4 is 47.8 Å². The Morgan fingerprint density at radius 1 is 1.00 bits per heavy atom. The standard InChI is InChI=1S/C11H7Br3O2/c12-7-2-1-6(5-9(7)14)10(15)11-8(13)3-4-16-11/h1-5,10,15H.